The molecule has 0 radical (unpaired) electrons. The minimum absolute atomic E-state index is 0.0514. The van der Waals surface area contributed by atoms with Crippen LogP contribution in [-0.4, -0.2) is 12.1 Å². The molecule has 2 aromatic rings. The van der Waals surface area contributed by atoms with Crippen molar-refractivity contribution in [3.8, 4) is 0 Å². The molecule has 0 saturated heterocycles. The van der Waals surface area contributed by atoms with Crippen molar-refractivity contribution in [1.82, 2.24) is 5.32 Å². The topological polar surface area (TPSA) is 41.1 Å². The Kier molecular flexibility index (Phi) is 6.38. The van der Waals surface area contributed by atoms with Gasteiger partial charge in [-0.25, -0.2) is 0 Å². The van der Waals surface area contributed by atoms with Crippen LogP contribution < -0.4 is 10.6 Å². The minimum Gasteiger partial charge on any atom is -0.365 e. The largest absolute Gasteiger partial charge is 0.365 e. The SMILES string of the molecule is O=C(NC(Nc1ccc(Cl)cc1)C1CCCCC1)c1ccc(Br)cc1. The Hall–Kier alpha value is -1.52. The number of benzene rings is 2. The van der Waals surface area contributed by atoms with Gasteiger partial charge in [-0.2, -0.15) is 0 Å². The maximum absolute atomic E-state index is 12.7. The number of halogens is 2. The van der Waals surface area contributed by atoms with Gasteiger partial charge in [0.05, 0.1) is 0 Å². The van der Waals surface area contributed by atoms with Gasteiger partial charge in [0.1, 0.15) is 6.17 Å². The number of anilines is 1. The Bertz CT molecular complexity index is 697. The molecule has 2 N–H and O–H groups in total. The molecule has 1 amide bonds. The fraction of sp³-hybridized carbons (Fsp3) is 0.350. The second-order valence-electron chi connectivity index (χ2n) is 6.51. The number of hydrogen-bond donors (Lipinski definition) is 2. The summed E-state index contributed by atoms with van der Waals surface area (Å²) in [5, 5.41) is 7.38. The van der Waals surface area contributed by atoms with Crippen molar-refractivity contribution in [3.63, 3.8) is 0 Å². The van der Waals surface area contributed by atoms with E-state index < -0.39 is 0 Å². The number of amides is 1. The summed E-state index contributed by atoms with van der Waals surface area (Å²) in [6.07, 6.45) is 5.90. The summed E-state index contributed by atoms with van der Waals surface area (Å²) in [4.78, 5) is 12.7. The quantitative estimate of drug-likeness (QED) is 0.594. The third kappa shape index (κ3) is 5.23. The first-order chi connectivity index (χ1) is 12.1. The molecule has 25 heavy (non-hydrogen) atoms. The van der Waals surface area contributed by atoms with Crippen molar-refractivity contribution < 1.29 is 4.79 Å². The standard InChI is InChI=1S/C20H22BrClN2O/c21-16-8-6-15(7-9-16)20(25)24-19(14-4-2-1-3-5-14)23-18-12-10-17(22)11-13-18/h6-14,19,23H,1-5H2,(H,24,25). The van der Waals surface area contributed by atoms with Gasteiger partial charge < -0.3 is 10.6 Å². The van der Waals surface area contributed by atoms with Crippen LogP contribution in [0.1, 0.15) is 42.5 Å². The highest BCUT2D eigenvalue weighted by molar-refractivity contribution is 9.10. The molecular formula is C20H22BrClN2O. The van der Waals surface area contributed by atoms with Gasteiger partial charge in [-0.1, -0.05) is 46.8 Å². The van der Waals surface area contributed by atoms with E-state index in [4.69, 9.17) is 11.6 Å². The lowest BCUT2D eigenvalue weighted by atomic mass is 9.86. The molecule has 0 bridgehead atoms. The van der Waals surface area contributed by atoms with Crippen molar-refractivity contribution in [2.75, 3.05) is 5.32 Å². The van der Waals surface area contributed by atoms with E-state index in [2.05, 4.69) is 26.6 Å². The Morgan fingerprint density at radius 2 is 1.64 bits per heavy atom. The molecule has 3 nitrogen and oxygen atoms in total. The molecule has 5 heteroatoms. The van der Waals surface area contributed by atoms with E-state index in [0.717, 1.165) is 23.0 Å². The van der Waals surface area contributed by atoms with Gasteiger partial charge in [0.25, 0.3) is 5.91 Å². The molecule has 1 unspecified atom stereocenters. The van der Waals surface area contributed by atoms with Crippen molar-refractivity contribution >= 4 is 39.1 Å². The molecular weight excluding hydrogens is 400 g/mol. The maximum atomic E-state index is 12.7. The van der Waals surface area contributed by atoms with Crippen LogP contribution in [0.5, 0.6) is 0 Å². The van der Waals surface area contributed by atoms with Gasteiger partial charge in [0.2, 0.25) is 0 Å². The van der Waals surface area contributed by atoms with Gasteiger partial charge in [-0.3, -0.25) is 4.79 Å². The number of hydrogen-bond acceptors (Lipinski definition) is 2. The maximum Gasteiger partial charge on any atom is 0.252 e. The zero-order valence-corrected chi connectivity index (χ0v) is 16.3. The summed E-state index contributed by atoms with van der Waals surface area (Å²) in [5.41, 5.74) is 1.64. The van der Waals surface area contributed by atoms with Crippen molar-refractivity contribution in [3.05, 3.63) is 63.6 Å². The van der Waals surface area contributed by atoms with Crippen LogP contribution in [0, 0.1) is 5.92 Å². The highest BCUT2D eigenvalue weighted by Gasteiger charge is 2.25. The highest BCUT2D eigenvalue weighted by atomic mass is 79.9. The van der Waals surface area contributed by atoms with Gasteiger partial charge in [0, 0.05) is 20.7 Å². The Balaban J connectivity index is 1.74. The molecule has 0 aromatic heterocycles. The lowest BCUT2D eigenvalue weighted by Gasteiger charge is -2.32. The third-order valence-corrected chi connectivity index (χ3v) is 5.46. The Morgan fingerprint density at radius 3 is 2.28 bits per heavy atom. The van der Waals surface area contributed by atoms with Gasteiger partial charge >= 0.3 is 0 Å². The van der Waals surface area contributed by atoms with Crippen LogP contribution in [0.25, 0.3) is 0 Å². The monoisotopic (exact) mass is 420 g/mol. The Labute approximate surface area is 162 Å². The van der Waals surface area contributed by atoms with Crippen LogP contribution in [-0.2, 0) is 0 Å². The number of carbonyl (C=O) groups is 1. The molecule has 3 rings (SSSR count). The second-order valence-corrected chi connectivity index (χ2v) is 7.86. The van der Waals surface area contributed by atoms with Crippen LogP contribution in [0.15, 0.2) is 53.0 Å². The molecule has 1 fully saturated rings. The molecule has 1 saturated carbocycles. The summed E-state index contributed by atoms with van der Waals surface area (Å²) in [5.74, 6) is 0.383. The first-order valence-corrected chi connectivity index (χ1v) is 9.87. The van der Waals surface area contributed by atoms with E-state index in [9.17, 15) is 4.79 Å². The van der Waals surface area contributed by atoms with E-state index >= 15 is 0 Å². The normalized spacial score (nSPS) is 16.2. The van der Waals surface area contributed by atoms with Crippen LogP contribution in [0.4, 0.5) is 5.69 Å². The second kappa shape index (κ2) is 8.72. The van der Waals surface area contributed by atoms with Crippen molar-refractivity contribution in [2.24, 2.45) is 5.92 Å². The van der Waals surface area contributed by atoms with Crippen molar-refractivity contribution in [2.45, 2.75) is 38.3 Å². The lowest BCUT2D eigenvalue weighted by Crippen LogP contribution is -2.46. The predicted octanol–water partition coefficient (Wildman–Crippen LogP) is 5.85. The van der Waals surface area contributed by atoms with Crippen LogP contribution >= 0.6 is 27.5 Å². The summed E-state index contributed by atoms with van der Waals surface area (Å²) < 4.78 is 0.965. The molecule has 2 aromatic carbocycles. The van der Waals surface area contributed by atoms with E-state index in [-0.39, 0.29) is 12.1 Å². The lowest BCUT2D eigenvalue weighted by molar-refractivity contribution is 0.0922. The summed E-state index contributed by atoms with van der Waals surface area (Å²) >= 11 is 9.38. The zero-order valence-electron chi connectivity index (χ0n) is 14.0. The van der Waals surface area contributed by atoms with Crippen LogP contribution in [0.3, 0.4) is 0 Å². The highest BCUT2D eigenvalue weighted by Crippen LogP contribution is 2.28. The van der Waals surface area contributed by atoms with E-state index in [1.807, 2.05) is 48.5 Å². The van der Waals surface area contributed by atoms with E-state index in [0.29, 0.717) is 16.5 Å². The molecule has 0 spiro atoms. The fourth-order valence-electron chi connectivity index (χ4n) is 3.29. The van der Waals surface area contributed by atoms with Gasteiger partial charge in [-0.05, 0) is 67.3 Å². The summed E-state index contributed by atoms with van der Waals surface area (Å²) in [6.45, 7) is 0. The first-order valence-electron chi connectivity index (χ1n) is 8.70. The third-order valence-electron chi connectivity index (χ3n) is 4.68. The van der Waals surface area contributed by atoms with Gasteiger partial charge in [-0.15, -0.1) is 0 Å². The minimum atomic E-state index is -0.0855. The average molecular weight is 422 g/mol. The summed E-state index contributed by atoms with van der Waals surface area (Å²) in [6, 6.07) is 15.1. The predicted molar refractivity (Wildman–Crippen MR) is 107 cm³/mol. The van der Waals surface area contributed by atoms with Gasteiger partial charge in [0.15, 0.2) is 0 Å². The number of rotatable bonds is 5. The molecule has 0 heterocycles. The van der Waals surface area contributed by atoms with E-state index in [1.54, 1.807) is 0 Å². The Morgan fingerprint density at radius 1 is 1.00 bits per heavy atom. The molecule has 1 aliphatic rings. The average Bonchev–Trinajstić information content (AvgIpc) is 2.64. The van der Waals surface area contributed by atoms with E-state index in [1.165, 1.54) is 19.3 Å². The molecule has 1 aliphatic carbocycles. The summed E-state index contributed by atoms with van der Waals surface area (Å²) in [7, 11) is 0. The zero-order chi connectivity index (χ0) is 17.6. The van der Waals surface area contributed by atoms with Crippen molar-refractivity contribution in [1.29, 1.82) is 0 Å². The molecule has 0 aliphatic heterocycles. The fourth-order valence-corrected chi connectivity index (χ4v) is 3.68. The molecule has 1 atom stereocenters. The first kappa shape index (κ1) is 18.3. The van der Waals surface area contributed by atoms with Crippen LogP contribution in [0.2, 0.25) is 5.02 Å². The molecule has 132 valence electrons. The number of carbonyl (C=O) groups excluding carboxylic acids is 1. The smallest absolute Gasteiger partial charge is 0.252 e. The number of nitrogens with one attached hydrogen (secondary N) is 2.